The van der Waals surface area contributed by atoms with Crippen LogP contribution < -0.4 is 11.2 Å². The van der Waals surface area contributed by atoms with Crippen molar-refractivity contribution in [3.63, 3.8) is 0 Å². The van der Waals surface area contributed by atoms with Gasteiger partial charge in [-0.1, -0.05) is 31.4 Å². The maximum Gasteiger partial charge on any atom is 0.332 e. The van der Waals surface area contributed by atoms with Crippen molar-refractivity contribution in [2.75, 3.05) is 0 Å². The molecule has 0 atom stereocenters. The molecule has 152 valence electrons. The van der Waals surface area contributed by atoms with Crippen LogP contribution in [0.25, 0.3) is 11.0 Å². The zero-order chi connectivity index (χ0) is 20.5. The van der Waals surface area contributed by atoms with Crippen molar-refractivity contribution in [1.29, 1.82) is 0 Å². The molecule has 0 N–H and O–H groups in total. The lowest BCUT2D eigenvalue weighted by molar-refractivity contribution is 0.427. The third-order valence-electron chi connectivity index (χ3n) is 5.52. The molecule has 6 nitrogen and oxygen atoms in total. The summed E-state index contributed by atoms with van der Waals surface area (Å²) in [6.45, 7) is 0. The summed E-state index contributed by atoms with van der Waals surface area (Å²) in [6.07, 6.45) is 5.50. The van der Waals surface area contributed by atoms with Crippen LogP contribution in [0, 0.1) is 5.82 Å². The second-order valence-electron chi connectivity index (χ2n) is 7.54. The van der Waals surface area contributed by atoms with Gasteiger partial charge in [0.2, 0.25) is 0 Å². The van der Waals surface area contributed by atoms with Crippen LogP contribution in [-0.4, -0.2) is 19.1 Å². The average Bonchev–Trinajstić information content (AvgIpc) is 2.74. The highest BCUT2D eigenvalue weighted by Crippen LogP contribution is 2.33. The number of aryl methyl sites for hydroxylation is 1. The van der Waals surface area contributed by atoms with Gasteiger partial charge in [-0.15, -0.1) is 11.8 Å². The van der Waals surface area contributed by atoms with E-state index in [2.05, 4.69) is 4.98 Å². The quantitative estimate of drug-likeness (QED) is 0.483. The summed E-state index contributed by atoms with van der Waals surface area (Å²) in [6, 6.07) is 6.39. The first-order valence-electron chi connectivity index (χ1n) is 9.80. The number of hydrogen-bond donors (Lipinski definition) is 0. The number of rotatable bonds is 4. The number of benzene rings is 1. The van der Waals surface area contributed by atoms with E-state index in [-0.39, 0.29) is 11.7 Å². The summed E-state index contributed by atoms with van der Waals surface area (Å²) < 4.78 is 16.0. The Morgan fingerprint density at radius 2 is 1.86 bits per heavy atom. The maximum atomic E-state index is 13.5. The van der Waals surface area contributed by atoms with E-state index < -0.39 is 11.2 Å². The molecule has 0 bridgehead atoms. The average molecular weight is 415 g/mol. The Labute approximate surface area is 171 Å². The Balaban J connectivity index is 1.85. The molecule has 8 heteroatoms. The molecule has 3 aromatic rings. The lowest BCUT2D eigenvalue weighted by atomic mass is 9.89. The topological polar surface area (TPSA) is 69.8 Å². The maximum absolute atomic E-state index is 13.5. The van der Waals surface area contributed by atoms with Crippen LogP contribution in [0.3, 0.4) is 0 Å². The molecule has 1 aromatic carbocycles. The molecular weight excluding hydrogens is 391 g/mol. The number of aromatic nitrogens is 4. The third-order valence-corrected chi connectivity index (χ3v) is 6.57. The predicted molar refractivity (Wildman–Crippen MR) is 112 cm³/mol. The largest absolute Gasteiger partial charge is 0.332 e. The molecule has 2 heterocycles. The molecule has 1 fully saturated rings. The Morgan fingerprint density at radius 3 is 2.59 bits per heavy atom. The zero-order valence-electron chi connectivity index (χ0n) is 16.5. The Kier molecular flexibility index (Phi) is 5.54. The summed E-state index contributed by atoms with van der Waals surface area (Å²) >= 11 is 1.38. The molecule has 2 aromatic heterocycles. The SMILES string of the molecule is Cn1c(=O)c2c(SCc3cccc(F)c3)nc(C3CCCCC3)nc2n(C)c1=O. The molecule has 1 saturated carbocycles. The highest BCUT2D eigenvalue weighted by molar-refractivity contribution is 7.98. The third kappa shape index (κ3) is 3.85. The Bertz CT molecular complexity index is 1180. The summed E-state index contributed by atoms with van der Waals surface area (Å²) in [5, 5.41) is 0.895. The van der Waals surface area contributed by atoms with Gasteiger partial charge in [-0.3, -0.25) is 13.9 Å². The van der Waals surface area contributed by atoms with Gasteiger partial charge < -0.3 is 0 Å². The van der Waals surface area contributed by atoms with Crippen LogP contribution in [0.4, 0.5) is 4.39 Å². The fourth-order valence-corrected chi connectivity index (χ4v) is 4.84. The second-order valence-corrected chi connectivity index (χ2v) is 8.51. The van der Waals surface area contributed by atoms with Gasteiger partial charge in [0.15, 0.2) is 5.65 Å². The molecule has 0 radical (unpaired) electrons. The van der Waals surface area contributed by atoms with Gasteiger partial charge >= 0.3 is 5.69 Å². The van der Waals surface area contributed by atoms with E-state index in [1.807, 2.05) is 6.07 Å². The van der Waals surface area contributed by atoms with Gasteiger partial charge in [0, 0.05) is 25.8 Å². The summed E-state index contributed by atoms with van der Waals surface area (Å²) in [7, 11) is 3.09. The second kappa shape index (κ2) is 8.10. The molecule has 0 saturated heterocycles. The van der Waals surface area contributed by atoms with Gasteiger partial charge in [-0.05, 0) is 30.5 Å². The molecule has 29 heavy (non-hydrogen) atoms. The van der Waals surface area contributed by atoms with E-state index >= 15 is 0 Å². The summed E-state index contributed by atoms with van der Waals surface area (Å²) in [5.41, 5.74) is 0.370. The van der Waals surface area contributed by atoms with Crippen molar-refractivity contribution in [2.45, 2.75) is 48.8 Å². The Morgan fingerprint density at radius 1 is 1.10 bits per heavy atom. The summed E-state index contributed by atoms with van der Waals surface area (Å²) in [4.78, 5) is 34.7. The molecule has 4 rings (SSSR count). The molecule has 0 aliphatic heterocycles. The van der Waals surface area contributed by atoms with E-state index in [0.29, 0.717) is 27.6 Å². The first kappa shape index (κ1) is 19.8. The van der Waals surface area contributed by atoms with Gasteiger partial charge in [-0.2, -0.15) is 0 Å². The minimum atomic E-state index is -0.406. The van der Waals surface area contributed by atoms with E-state index in [9.17, 15) is 14.0 Å². The zero-order valence-corrected chi connectivity index (χ0v) is 17.3. The fraction of sp³-hybridized carbons (Fsp3) is 0.429. The first-order valence-corrected chi connectivity index (χ1v) is 10.8. The van der Waals surface area contributed by atoms with Gasteiger partial charge in [0.1, 0.15) is 22.1 Å². The number of hydrogen-bond acceptors (Lipinski definition) is 5. The molecule has 1 aliphatic carbocycles. The van der Waals surface area contributed by atoms with Crippen molar-refractivity contribution in [3.05, 3.63) is 62.3 Å². The normalized spacial score (nSPS) is 15.1. The van der Waals surface area contributed by atoms with Gasteiger partial charge in [0.25, 0.3) is 5.56 Å². The minimum absolute atomic E-state index is 0.237. The molecule has 0 unspecified atom stereocenters. The molecule has 0 spiro atoms. The summed E-state index contributed by atoms with van der Waals surface area (Å²) in [5.74, 6) is 1.11. The molecule has 0 amide bonds. The van der Waals surface area contributed by atoms with Crippen molar-refractivity contribution in [2.24, 2.45) is 14.1 Å². The highest BCUT2D eigenvalue weighted by atomic mass is 32.2. The van der Waals surface area contributed by atoms with E-state index in [1.54, 1.807) is 13.1 Å². The first-order chi connectivity index (χ1) is 14.0. The minimum Gasteiger partial charge on any atom is -0.280 e. The smallest absolute Gasteiger partial charge is 0.280 e. The highest BCUT2D eigenvalue weighted by Gasteiger charge is 2.23. The monoisotopic (exact) mass is 414 g/mol. The number of fused-ring (bicyclic) bond motifs is 1. The van der Waals surface area contributed by atoms with Crippen LogP contribution in [-0.2, 0) is 19.8 Å². The van der Waals surface area contributed by atoms with Crippen LogP contribution >= 0.6 is 11.8 Å². The van der Waals surface area contributed by atoms with Crippen LogP contribution in [0.1, 0.15) is 49.4 Å². The van der Waals surface area contributed by atoms with Crippen molar-refractivity contribution in [1.82, 2.24) is 19.1 Å². The van der Waals surface area contributed by atoms with Crippen LogP contribution in [0.15, 0.2) is 38.9 Å². The fourth-order valence-electron chi connectivity index (χ4n) is 3.87. The standard InChI is InChI=1S/C21H23FN4O2S/c1-25-18-16(20(27)26(2)21(25)28)19(29-12-13-7-6-10-15(22)11-13)24-17(23-18)14-8-4-3-5-9-14/h6-7,10-11,14H,3-5,8-9,12H2,1-2H3. The molecule has 1 aliphatic rings. The van der Waals surface area contributed by atoms with E-state index in [4.69, 9.17) is 4.98 Å². The van der Waals surface area contributed by atoms with Gasteiger partial charge in [-0.25, -0.2) is 19.2 Å². The lowest BCUT2D eigenvalue weighted by Gasteiger charge is -2.21. The lowest BCUT2D eigenvalue weighted by Crippen LogP contribution is -2.38. The van der Waals surface area contributed by atoms with Crippen LogP contribution in [0.5, 0.6) is 0 Å². The Hall–Kier alpha value is -2.48. The number of halogens is 1. The van der Waals surface area contributed by atoms with Crippen LogP contribution in [0.2, 0.25) is 0 Å². The number of thioether (sulfide) groups is 1. The van der Waals surface area contributed by atoms with Crippen molar-refractivity contribution >= 4 is 22.8 Å². The van der Waals surface area contributed by atoms with Crippen molar-refractivity contribution in [3.8, 4) is 0 Å². The van der Waals surface area contributed by atoms with E-state index in [0.717, 1.165) is 35.8 Å². The van der Waals surface area contributed by atoms with Gasteiger partial charge in [0.05, 0.1) is 0 Å². The van der Waals surface area contributed by atoms with Crippen molar-refractivity contribution < 1.29 is 4.39 Å². The molecular formula is C21H23FN4O2S. The predicted octanol–water partition coefficient (Wildman–Crippen LogP) is 3.51. The number of nitrogens with zero attached hydrogens (tertiary/aromatic N) is 4. The van der Waals surface area contributed by atoms with E-state index in [1.165, 1.54) is 41.9 Å².